The van der Waals surface area contributed by atoms with Gasteiger partial charge in [-0.05, 0) is 13.1 Å². The lowest BCUT2D eigenvalue weighted by atomic mass is 10.4. The summed E-state index contributed by atoms with van der Waals surface area (Å²) in [5.41, 5.74) is 0.264. The highest BCUT2D eigenvalue weighted by molar-refractivity contribution is 5.77. The highest BCUT2D eigenvalue weighted by Gasteiger charge is 2.10. The minimum atomic E-state index is -0.253. The molecule has 8 nitrogen and oxygen atoms in total. The number of hydrogen-bond donors (Lipinski definition) is 1. The van der Waals surface area contributed by atoms with Gasteiger partial charge in [-0.25, -0.2) is 4.98 Å². The molecule has 0 spiro atoms. The Hall–Kier alpha value is -2.22. The molecule has 0 saturated heterocycles. The van der Waals surface area contributed by atoms with E-state index in [4.69, 9.17) is 0 Å². The molecule has 0 atom stereocenters. The Kier molecular flexibility index (Phi) is 5.26. The van der Waals surface area contributed by atoms with Gasteiger partial charge in [0.25, 0.3) is 5.56 Å². The Bertz CT molecular complexity index is 701. The fourth-order valence-electron chi connectivity index (χ4n) is 2.28. The van der Waals surface area contributed by atoms with Crippen molar-refractivity contribution in [3.05, 3.63) is 22.9 Å². The molecule has 2 aromatic heterocycles. The second-order valence-electron chi connectivity index (χ2n) is 5.06. The van der Waals surface area contributed by atoms with E-state index in [2.05, 4.69) is 34.1 Å². The van der Waals surface area contributed by atoms with Crippen LogP contribution in [0, 0.1) is 0 Å². The van der Waals surface area contributed by atoms with Crippen molar-refractivity contribution in [2.24, 2.45) is 7.05 Å². The summed E-state index contributed by atoms with van der Waals surface area (Å²) < 4.78 is 2.84. The van der Waals surface area contributed by atoms with E-state index < -0.39 is 0 Å². The molecule has 0 fully saturated rings. The van der Waals surface area contributed by atoms with Crippen molar-refractivity contribution >= 4 is 16.9 Å². The molecule has 0 saturated carbocycles. The van der Waals surface area contributed by atoms with E-state index in [9.17, 15) is 9.59 Å². The summed E-state index contributed by atoms with van der Waals surface area (Å²) in [5, 5.41) is 7.24. The first-order valence-corrected chi connectivity index (χ1v) is 7.43. The van der Waals surface area contributed by atoms with E-state index in [1.807, 2.05) is 0 Å². The lowest BCUT2D eigenvalue weighted by molar-refractivity contribution is -0.121. The molecule has 0 aliphatic rings. The SMILES string of the molecule is CCN(CC)CCNC(=O)Cn1cnc2c(cnn2C)c1=O. The maximum Gasteiger partial charge on any atom is 0.264 e. The summed E-state index contributed by atoms with van der Waals surface area (Å²) in [6, 6.07) is 0. The number of aryl methyl sites for hydroxylation is 1. The number of rotatable bonds is 7. The van der Waals surface area contributed by atoms with Crippen molar-refractivity contribution in [2.45, 2.75) is 20.4 Å². The molecule has 120 valence electrons. The number of amides is 1. The maximum absolute atomic E-state index is 12.2. The molecule has 2 heterocycles. The van der Waals surface area contributed by atoms with Gasteiger partial charge in [0.15, 0.2) is 5.65 Å². The van der Waals surface area contributed by atoms with Gasteiger partial charge in [-0.15, -0.1) is 0 Å². The van der Waals surface area contributed by atoms with E-state index in [1.165, 1.54) is 21.8 Å². The first-order chi connectivity index (χ1) is 10.6. The van der Waals surface area contributed by atoms with Crippen LogP contribution in [0.15, 0.2) is 17.3 Å². The minimum absolute atomic E-state index is 0.0328. The van der Waals surface area contributed by atoms with Crippen molar-refractivity contribution < 1.29 is 4.79 Å². The normalized spacial score (nSPS) is 11.3. The number of hydrogen-bond acceptors (Lipinski definition) is 5. The Morgan fingerprint density at radius 1 is 1.36 bits per heavy atom. The van der Waals surface area contributed by atoms with Gasteiger partial charge in [-0.1, -0.05) is 13.8 Å². The molecule has 0 aromatic carbocycles. The average Bonchev–Trinajstić information content (AvgIpc) is 2.89. The number of fused-ring (bicyclic) bond motifs is 1. The summed E-state index contributed by atoms with van der Waals surface area (Å²) in [6.45, 7) is 7.40. The largest absolute Gasteiger partial charge is 0.353 e. The van der Waals surface area contributed by atoms with E-state index in [0.29, 0.717) is 17.6 Å². The zero-order chi connectivity index (χ0) is 16.1. The first-order valence-electron chi connectivity index (χ1n) is 7.43. The molecule has 2 aromatic rings. The van der Waals surface area contributed by atoms with Gasteiger partial charge in [-0.2, -0.15) is 5.10 Å². The third kappa shape index (κ3) is 3.51. The second-order valence-corrected chi connectivity index (χ2v) is 5.06. The van der Waals surface area contributed by atoms with Gasteiger partial charge < -0.3 is 10.2 Å². The van der Waals surface area contributed by atoms with Crippen molar-refractivity contribution in [3.63, 3.8) is 0 Å². The fourth-order valence-corrected chi connectivity index (χ4v) is 2.28. The Balaban J connectivity index is 1.97. The quantitative estimate of drug-likeness (QED) is 0.751. The zero-order valence-electron chi connectivity index (χ0n) is 13.2. The molecule has 2 rings (SSSR count). The van der Waals surface area contributed by atoms with Crippen LogP contribution in [0.2, 0.25) is 0 Å². The van der Waals surface area contributed by atoms with Crippen LogP contribution in [0.25, 0.3) is 11.0 Å². The number of likely N-dealkylation sites (N-methyl/N-ethyl adjacent to an activating group) is 1. The number of nitrogens with one attached hydrogen (secondary N) is 1. The van der Waals surface area contributed by atoms with Crippen LogP contribution in [0.3, 0.4) is 0 Å². The van der Waals surface area contributed by atoms with Crippen molar-refractivity contribution in [3.8, 4) is 0 Å². The molecule has 22 heavy (non-hydrogen) atoms. The predicted molar refractivity (Wildman–Crippen MR) is 83.6 cm³/mol. The minimum Gasteiger partial charge on any atom is -0.353 e. The Morgan fingerprint density at radius 3 is 2.77 bits per heavy atom. The first kappa shape index (κ1) is 16.2. The number of nitrogens with zero attached hydrogens (tertiary/aromatic N) is 5. The van der Waals surface area contributed by atoms with Crippen molar-refractivity contribution in [1.29, 1.82) is 0 Å². The molecule has 0 bridgehead atoms. The van der Waals surface area contributed by atoms with Crippen LogP contribution in [-0.2, 0) is 18.4 Å². The third-order valence-corrected chi connectivity index (χ3v) is 3.68. The van der Waals surface area contributed by atoms with Gasteiger partial charge in [-0.3, -0.25) is 18.8 Å². The Morgan fingerprint density at radius 2 is 2.09 bits per heavy atom. The molecule has 0 aliphatic carbocycles. The molecular weight excluding hydrogens is 284 g/mol. The van der Waals surface area contributed by atoms with Crippen molar-refractivity contribution in [1.82, 2.24) is 29.5 Å². The number of carbonyl (C=O) groups is 1. The lowest BCUT2D eigenvalue weighted by Gasteiger charge is -2.18. The topological polar surface area (TPSA) is 85.1 Å². The van der Waals surface area contributed by atoms with Crippen molar-refractivity contribution in [2.75, 3.05) is 26.2 Å². The molecule has 0 aliphatic heterocycles. The van der Waals surface area contributed by atoms with Crippen LogP contribution >= 0.6 is 0 Å². The average molecular weight is 306 g/mol. The van der Waals surface area contributed by atoms with E-state index >= 15 is 0 Å². The molecule has 0 unspecified atom stereocenters. The molecular formula is C14H22N6O2. The van der Waals surface area contributed by atoms with Crippen LogP contribution < -0.4 is 10.9 Å². The highest BCUT2D eigenvalue weighted by atomic mass is 16.2. The van der Waals surface area contributed by atoms with Gasteiger partial charge in [0.2, 0.25) is 5.91 Å². The highest BCUT2D eigenvalue weighted by Crippen LogP contribution is 2.02. The summed E-state index contributed by atoms with van der Waals surface area (Å²) in [5.74, 6) is -0.195. The fraction of sp³-hybridized carbons (Fsp3) is 0.571. The van der Waals surface area contributed by atoms with Gasteiger partial charge >= 0.3 is 0 Å². The Labute approximate surface area is 128 Å². The maximum atomic E-state index is 12.2. The smallest absolute Gasteiger partial charge is 0.264 e. The lowest BCUT2D eigenvalue weighted by Crippen LogP contribution is -2.37. The molecule has 1 N–H and O–H groups in total. The van der Waals surface area contributed by atoms with E-state index in [0.717, 1.165) is 19.6 Å². The summed E-state index contributed by atoms with van der Waals surface area (Å²) >= 11 is 0. The molecule has 8 heteroatoms. The summed E-state index contributed by atoms with van der Waals surface area (Å²) in [6.07, 6.45) is 2.86. The zero-order valence-corrected chi connectivity index (χ0v) is 13.2. The molecule has 1 amide bonds. The predicted octanol–water partition coefficient (Wildman–Crippen LogP) is -0.412. The second kappa shape index (κ2) is 7.17. The van der Waals surface area contributed by atoms with Gasteiger partial charge in [0.05, 0.1) is 6.20 Å². The summed E-state index contributed by atoms with van der Waals surface area (Å²) in [7, 11) is 1.72. The van der Waals surface area contributed by atoms with Crippen LogP contribution in [0.4, 0.5) is 0 Å². The van der Waals surface area contributed by atoms with Gasteiger partial charge in [0, 0.05) is 20.1 Å². The summed E-state index contributed by atoms with van der Waals surface area (Å²) in [4.78, 5) is 30.5. The van der Waals surface area contributed by atoms with Crippen LogP contribution in [0.5, 0.6) is 0 Å². The standard InChI is InChI=1S/C14H22N6O2/c1-4-19(5-2)7-6-15-12(21)9-20-10-16-13-11(14(20)22)8-17-18(13)3/h8,10H,4-7,9H2,1-3H3,(H,15,21). The molecule has 0 radical (unpaired) electrons. The van der Waals surface area contributed by atoms with Crippen LogP contribution in [0.1, 0.15) is 13.8 Å². The number of carbonyl (C=O) groups excluding carboxylic acids is 1. The van der Waals surface area contributed by atoms with E-state index in [1.54, 1.807) is 7.05 Å². The number of aromatic nitrogens is 4. The van der Waals surface area contributed by atoms with E-state index in [-0.39, 0.29) is 18.0 Å². The monoisotopic (exact) mass is 306 g/mol. The van der Waals surface area contributed by atoms with Crippen LogP contribution in [-0.4, -0.2) is 56.3 Å². The van der Waals surface area contributed by atoms with Gasteiger partial charge in [0.1, 0.15) is 18.3 Å². The third-order valence-electron chi connectivity index (χ3n) is 3.68.